The van der Waals surface area contributed by atoms with Crippen LogP contribution in [-0.4, -0.2) is 51.6 Å². The molecule has 2 heterocycles. The van der Waals surface area contributed by atoms with Crippen molar-refractivity contribution >= 4 is 17.9 Å². The average molecular weight is 358 g/mol. The van der Waals surface area contributed by atoms with Crippen LogP contribution in [0.4, 0.5) is 5.82 Å². The van der Waals surface area contributed by atoms with E-state index >= 15 is 0 Å². The molecule has 0 radical (unpaired) electrons. The number of hydrogen-bond acceptors (Lipinski definition) is 5. The summed E-state index contributed by atoms with van der Waals surface area (Å²) in [6, 6.07) is 0.407. The number of hydrogen-bond donors (Lipinski definition) is 2. The van der Waals surface area contributed by atoms with Gasteiger partial charge in [-0.15, -0.1) is 0 Å². The van der Waals surface area contributed by atoms with E-state index in [9.17, 15) is 4.79 Å². The van der Waals surface area contributed by atoms with Gasteiger partial charge in [-0.05, 0) is 44.2 Å². The minimum atomic E-state index is -0.982. The van der Waals surface area contributed by atoms with Gasteiger partial charge >= 0.3 is 5.97 Å². The molecule has 0 aromatic carbocycles. The van der Waals surface area contributed by atoms with Gasteiger partial charge in [-0.3, -0.25) is 4.98 Å². The van der Waals surface area contributed by atoms with Crippen LogP contribution in [0, 0.1) is 5.92 Å². The molecule has 0 bridgehead atoms. The van der Waals surface area contributed by atoms with Gasteiger partial charge in [-0.25, -0.2) is 9.78 Å². The van der Waals surface area contributed by atoms with E-state index in [1.807, 2.05) is 0 Å². The number of nitrogens with one attached hydrogen (secondary N) is 1. The van der Waals surface area contributed by atoms with Crippen molar-refractivity contribution < 1.29 is 9.90 Å². The van der Waals surface area contributed by atoms with Gasteiger partial charge < -0.3 is 15.3 Å². The summed E-state index contributed by atoms with van der Waals surface area (Å²) in [5, 5.41) is 12.1. The third-order valence-corrected chi connectivity index (χ3v) is 5.42. The maximum absolute atomic E-state index is 10.5. The number of likely N-dealkylation sites (tertiary alicyclic amines) is 1. The highest BCUT2D eigenvalue weighted by Gasteiger charge is 2.23. The lowest BCUT2D eigenvalue weighted by Gasteiger charge is -2.35. The smallest absolute Gasteiger partial charge is 0.328 e. The molecule has 26 heavy (non-hydrogen) atoms. The lowest BCUT2D eigenvalue weighted by molar-refractivity contribution is -0.131. The Morgan fingerprint density at radius 1 is 1.15 bits per heavy atom. The lowest BCUT2D eigenvalue weighted by atomic mass is 9.97. The SMILES string of the molecule is O=C(O)C=Cc1cnc(N[C@@H]2CCCN(CC3CCCCCC3)C2)cn1. The highest BCUT2D eigenvalue weighted by Crippen LogP contribution is 2.25. The van der Waals surface area contributed by atoms with Crippen molar-refractivity contribution in [3.05, 3.63) is 24.2 Å². The highest BCUT2D eigenvalue weighted by molar-refractivity contribution is 5.84. The second kappa shape index (κ2) is 9.67. The van der Waals surface area contributed by atoms with Crippen molar-refractivity contribution in [2.75, 3.05) is 25.0 Å². The minimum Gasteiger partial charge on any atom is -0.478 e. The summed E-state index contributed by atoms with van der Waals surface area (Å²) >= 11 is 0. The third kappa shape index (κ3) is 6.09. The zero-order valence-electron chi connectivity index (χ0n) is 15.4. The lowest BCUT2D eigenvalue weighted by Crippen LogP contribution is -2.44. The van der Waals surface area contributed by atoms with E-state index < -0.39 is 5.97 Å². The maximum atomic E-state index is 10.5. The molecule has 1 aromatic rings. The molecule has 6 nitrogen and oxygen atoms in total. The van der Waals surface area contributed by atoms with Crippen LogP contribution in [0.25, 0.3) is 6.08 Å². The molecular weight excluding hydrogens is 328 g/mol. The molecule has 1 aromatic heterocycles. The summed E-state index contributed by atoms with van der Waals surface area (Å²) < 4.78 is 0. The first-order chi connectivity index (χ1) is 12.7. The van der Waals surface area contributed by atoms with Gasteiger partial charge in [0.1, 0.15) is 5.82 Å². The van der Waals surface area contributed by atoms with Gasteiger partial charge in [0.05, 0.1) is 18.1 Å². The number of carboxylic acid groups (broad SMARTS) is 1. The Labute approximate surface area is 155 Å². The van der Waals surface area contributed by atoms with Crippen molar-refractivity contribution in [3.63, 3.8) is 0 Å². The quantitative estimate of drug-likeness (QED) is 0.599. The number of rotatable bonds is 6. The minimum absolute atomic E-state index is 0.407. The number of nitrogens with zero attached hydrogens (tertiary/aromatic N) is 3. The Balaban J connectivity index is 1.49. The van der Waals surface area contributed by atoms with Gasteiger partial charge in [0, 0.05) is 25.2 Å². The number of piperidine rings is 1. The number of aliphatic carboxylic acids is 1. The Morgan fingerprint density at radius 2 is 1.96 bits per heavy atom. The fourth-order valence-electron chi connectivity index (χ4n) is 4.12. The number of anilines is 1. The van der Waals surface area contributed by atoms with Crippen LogP contribution in [0.1, 0.15) is 57.1 Å². The first-order valence-corrected chi connectivity index (χ1v) is 9.91. The normalized spacial score (nSPS) is 23.0. The van der Waals surface area contributed by atoms with Crippen LogP contribution in [0.5, 0.6) is 0 Å². The van der Waals surface area contributed by atoms with Gasteiger partial charge in [0.25, 0.3) is 0 Å². The summed E-state index contributed by atoms with van der Waals surface area (Å²) in [7, 11) is 0. The first kappa shape index (κ1) is 18.8. The first-order valence-electron chi connectivity index (χ1n) is 9.91. The monoisotopic (exact) mass is 358 g/mol. The predicted molar refractivity (Wildman–Crippen MR) is 103 cm³/mol. The molecule has 1 atom stereocenters. The summed E-state index contributed by atoms with van der Waals surface area (Å²) in [4.78, 5) is 21.8. The molecule has 2 fully saturated rings. The van der Waals surface area contributed by atoms with Crippen molar-refractivity contribution in [3.8, 4) is 0 Å². The van der Waals surface area contributed by atoms with Crippen LogP contribution >= 0.6 is 0 Å². The molecule has 0 amide bonds. The molecule has 1 saturated carbocycles. The fourth-order valence-corrected chi connectivity index (χ4v) is 4.12. The van der Waals surface area contributed by atoms with E-state index in [1.54, 1.807) is 12.4 Å². The van der Waals surface area contributed by atoms with E-state index in [0.717, 1.165) is 30.8 Å². The Hall–Kier alpha value is -1.95. The second-order valence-corrected chi connectivity index (χ2v) is 7.60. The molecule has 2 N–H and O–H groups in total. The van der Waals surface area contributed by atoms with Gasteiger partial charge in [0.15, 0.2) is 0 Å². The number of carbonyl (C=O) groups is 1. The van der Waals surface area contributed by atoms with E-state index in [0.29, 0.717) is 11.7 Å². The summed E-state index contributed by atoms with van der Waals surface area (Å²) in [5.74, 6) is 0.653. The molecule has 0 spiro atoms. The molecule has 6 heteroatoms. The van der Waals surface area contributed by atoms with Crippen LogP contribution in [0.2, 0.25) is 0 Å². The van der Waals surface area contributed by atoms with E-state index in [4.69, 9.17) is 5.11 Å². The van der Waals surface area contributed by atoms with Crippen molar-refractivity contribution in [2.24, 2.45) is 5.92 Å². The molecule has 1 aliphatic heterocycles. The molecule has 3 rings (SSSR count). The molecule has 1 aliphatic carbocycles. The van der Waals surface area contributed by atoms with Crippen molar-refractivity contribution in [1.82, 2.24) is 14.9 Å². The molecule has 1 saturated heterocycles. The third-order valence-electron chi connectivity index (χ3n) is 5.42. The summed E-state index contributed by atoms with van der Waals surface area (Å²) in [6.45, 7) is 3.51. The van der Waals surface area contributed by atoms with E-state index in [2.05, 4.69) is 20.2 Å². The number of aromatic nitrogens is 2. The van der Waals surface area contributed by atoms with E-state index in [1.165, 1.54) is 64.1 Å². The molecule has 2 aliphatic rings. The second-order valence-electron chi connectivity index (χ2n) is 7.60. The summed E-state index contributed by atoms with van der Waals surface area (Å²) in [5.41, 5.74) is 0.552. The van der Waals surface area contributed by atoms with Gasteiger partial charge in [-0.1, -0.05) is 25.7 Å². The Morgan fingerprint density at radius 3 is 2.65 bits per heavy atom. The Bertz CT molecular complexity index is 594. The molecular formula is C20H30N4O2. The zero-order chi connectivity index (χ0) is 18.2. The molecule has 0 unspecified atom stereocenters. The van der Waals surface area contributed by atoms with Crippen molar-refractivity contribution in [1.29, 1.82) is 0 Å². The number of carboxylic acids is 1. The zero-order valence-corrected chi connectivity index (χ0v) is 15.4. The maximum Gasteiger partial charge on any atom is 0.328 e. The van der Waals surface area contributed by atoms with Gasteiger partial charge in [0.2, 0.25) is 0 Å². The summed E-state index contributed by atoms with van der Waals surface area (Å²) in [6.07, 6.45) is 16.6. The highest BCUT2D eigenvalue weighted by atomic mass is 16.4. The predicted octanol–water partition coefficient (Wildman–Crippen LogP) is 3.42. The fraction of sp³-hybridized carbons (Fsp3) is 0.650. The average Bonchev–Trinajstić information content (AvgIpc) is 2.90. The topological polar surface area (TPSA) is 78.3 Å². The van der Waals surface area contributed by atoms with Crippen LogP contribution < -0.4 is 5.32 Å². The molecule has 142 valence electrons. The van der Waals surface area contributed by atoms with Crippen LogP contribution in [0.3, 0.4) is 0 Å². The van der Waals surface area contributed by atoms with Crippen LogP contribution in [0.15, 0.2) is 18.5 Å². The van der Waals surface area contributed by atoms with E-state index in [-0.39, 0.29) is 0 Å². The van der Waals surface area contributed by atoms with Gasteiger partial charge in [-0.2, -0.15) is 0 Å². The van der Waals surface area contributed by atoms with Crippen LogP contribution in [-0.2, 0) is 4.79 Å². The standard InChI is InChI=1S/C20H30N4O2/c25-20(26)10-9-17-12-22-19(13-21-17)23-18-8-5-11-24(15-18)14-16-6-3-1-2-4-7-16/h9-10,12-13,16,18H,1-8,11,14-15H2,(H,22,23)(H,25,26)/t18-/m1/s1. The Kier molecular flexibility index (Phi) is 7.00. The largest absolute Gasteiger partial charge is 0.478 e. The van der Waals surface area contributed by atoms with Crippen molar-refractivity contribution in [2.45, 2.75) is 57.4 Å².